The van der Waals surface area contributed by atoms with Crippen LogP contribution >= 0.6 is 0 Å². The molecule has 0 bridgehead atoms. The molecule has 5 heteroatoms. The average molecular weight is 215 g/mol. The maximum Gasteiger partial charge on any atom is 0.352 e. The van der Waals surface area contributed by atoms with Crippen molar-refractivity contribution >= 4 is 12.0 Å². The van der Waals surface area contributed by atoms with Gasteiger partial charge in [-0.15, -0.1) is 0 Å². The Kier molecular flexibility index (Phi) is 3.12. The molecule has 1 aromatic heterocycles. The Balaban J connectivity index is 3.39. The van der Waals surface area contributed by atoms with Gasteiger partial charge in [0.15, 0.2) is 0 Å². The summed E-state index contributed by atoms with van der Waals surface area (Å²) in [6, 6.07) is 3.46. The average Bonchev–Trinajstić information content (AvgIpc) is 2.52. The smallest absolute Gasteiger partial charge is 0.352 e. The molecular weight excluding hydrogens is 206 g/mol. The van der Waals surface area contributed by atoms with E-state index in [1.54, 1.807) is 26.0 Å². The molecule has 0 aliphatic rings. The van der Waals surface area contributed by atoms with Gasteiger partial charge in [0.05, 0.1) is 0 Å². The van der Waals surface area contributed by atoms with Crippen molar-refractivity contribution in [1.82, 2.24) is 4.98 Å². The number of carboxylic acid groups (broad SMARTS) is 1. The van der Waals surface area contributed by atoms with Gasteiger partial charge in [0.1, 0.15) is 23.4 Å². The molecule has 0 amide bonds. The lowest BCUT2D eigenvalue weighted by Crippen LogP contribution is -1.98. The van der Waals surface area contributed by atoms with Crippen LogP contribution in [0.4, 0.5) is 0 Å². The molecular formula is C11H9N3O2. The molecule has 0 aromatic carbocycles. The van der Waals surface area contributed by atoms with Crippen LogP contribution in [0.2, 0.25) is 0 Å². The topological polar surface area (TPSA) is 101 Å². The highest BCUT2D eigenvalue weighted by Gasteiger charge is 2.15. The summed E-state index contributed by atoms with van der Waals surface area (Å²) in [5.74, 6) is -1.06. The zero-order valence-electron chi connectivity index (χ0n) is 8.83. The number of nitrogens with one attached hydrogen (secondary N) is 1. The number of aromatic carboxylic acids is 1. The van der Waals surface area contributed by atoms with Crippen LogP contribution in [-0.2, 0) is 0 Å². The number of H-pyrrole nitrogens is 1. The lowest BCUT2D eigenvalue weighted by atomic mass is 10.1. The van der Waals surface area contributed by atoms with Crippen molar-refractivity contribution in [1.29, 1.82) is 10.5 Å². The Morgan fingerprint density at radius 1 is 1.38 bits per heavy atom. The summed E-state index contributed by atoms with van der Waals surface area (Å²) < 4.78 is 0. The minimum absolute atomic E-state index is 0.0536. The number of allylic oxidation sites excluding steroid dienone is 1. The van der Waals surface area contributed by atoms with E-state index in [1.165, 1.54) is 6.08 Å². The monoisotopic (exact) mass is 215 g/mol. The molecule has 2 N–H and O–H groups in total. The molecule has 16 heavy (non-hydrogen) atoms. The molecule has 80 valence electrons. The predicted molar refractivity (Wildman–Crippen MR) is 56.4 cm³/mol. The third-order valence-corrected chi connectivity index (χ3v) is 2.24. The molecule has 0 aliphatic heterocycles. The van der Waals surface area contributed by atoms with E-state index in [1.807, 2.05) is 0 Å². The first-order valence-corrected chi connectivity index (χ1v) is 4.45. The normalized spacial score (nSPS) is 9.00. The van der Waals surface area contributed by atoms with Crippen molar-refractivity contribution < 1.29 is 9.90 Å². The Labute approximate surface area is 92.2 Å². The highest BCUT2D eigenvalue weighted by atomic mass is 16.4. The molecule has 0 aliphatic carbocycles. The van der Waals surface area contributed by atoms with Gasteiger partial charge in [-0.1, -0.05) is 0 Å². The number of aromatic nitrogens is 1. The molecule has 1 rings (SSSR count). The zero-order valence-corrected chi connectivity index (χ0v) is 8.83. The number of carboxylic acids is 1. The minimum Gasteiger partial charge on any atom is -0.477 e. The van der Waals surface area contributed by atoms with Gasteiger partial charge in [-0.3, -0.25) is 0 Å². The number of hydrogen-bond acceptors (Lipinski definition) is 3. The highest BCUT2D eigenvalue weighted by molar-refractivity contribution is 5.89. The molecule has 1 heterocycles. The SMILES string of the molecule is Cc1[nH]c(C(=O)O)c(C)c1C=C(C#N)C#N. The fourth-order valence-corrected chi connectivity index (χ4v) is 1.43. The van der Waals surface area contributed by atoms with E-state index in [-0.39, 0.29) is 11.3 Å². The molecule has 0 saturated heterocycles. The third-order valence-electron chi connectivity index (χ3n) is 2.24. The fraction of sp³-hybridized carbons (Fsp3) is 0.182. The van der Waals surface area contributed by atoms with Gasteiger partial charge in [0.2, 0.25) is 0 Å². The van der Waals surface area contributed by atoms with Crippen LogP contribution in [0, 0.1) is 36.5 Å². The summed E-state index contributed by atoms with van der Waals surface area (Å²) >= 11 is 0. The van der Waals surface area contributed by atoms with Crippen LogP contribution in [0.25, 0.3) is 6.08 Å². The van der Waals surface area contributed by atoms with Gasteiger partial charge >= 0.3 is 5.97 Å². The van der Waals surface area contributed by atoms with Gasteiger partial charge in [-0.05, 0) is 25.5 Å². The quantitative estimate of drug-likeness (QED) is 0.734. The number of hydrogen-bond donors (Lipinski definition) is 2. The summed E-state index contributed by atoms with van der Waals surface area (Å²) in [5.41, 5.74) is 1.75. The van der Waals surface area contributed by atoms with Gasteiger partial charge < -0.3 is 10.1 Å². The second kappa shape index (κ2) is 4.33. The summed E-state index contributed by atoms with van der Waals surface area (Å²) in [5, 5.41) is 26.1. The summed E-state index contributed by atoms with van der Waals surface area (Å²) in [7, 11) is 0. The van der Waals surface area contributed by atoms with Crippen molar-refractivity contribution in [2.24, 2.45) is 0 Å². The summed E-state index contributed by atoms with van der Waals surface area (Å²) in [4.78, 5) is 13.5. The zero-order chi connectivity index (χ0) is 12.3. The van der Waals surface area contributed by atoms with Gasteiger partial charge in [0.25, 0.3) is 0 Å². The number of rotatable bonds is 2. The van der Waals surface area contributed by atoms with Crippen LogP contribution in [0.15, 0.2) is 5.57 Å². The first-order valence-electron chi connectivity index (χ1n) is 4.45. The van der Waals surface area contributed by atoms with Crippen molar-refractivity contribution in [3.8, 4) is 12.1 Å². The third kappa shape index (κ3) is 1.94. The highest BCUT2D eigenvalue weighted by Crippen LogP contribution is 2.20. The lowest BCUT2D eigenvalue weighted by molar-refractivity contribution is 0.0690. The van der Waals surface area contributed by atoms with Crippen LogP contribution < -0.4 is 0 Å². The van der Waals surface area contributed by atoms with Gasteiger partial charge in [0, 0.05) is 11.3 Å². The Morgan fingerprint density at radius 2 is 1.94 bits per heavy atom. The van der Waals surface area contributed by atoms with Gasteiger partial charge in [-0.25, -0.2) is 4.79 Å². The lowest BCUT2D eigenvalue weighted by Gasteiger charge is -1.93. The second-order valence-electron chi connectivity index (χ2n) is 3.25. The van der Waals surface area contributed by atoms with E-state index < -0.39 is 5.97 Å². The van der Waals surface area contributed by atoms with Crippen LogP contribution in [0.5, 0.6) is 0 Å². The number of aryl methyl sites for hydroxylation is 1. The van der Waals surface area contributed by atoms with E-state index in [4.69, 9.17) is 15.6 Å². The van der Waals surface area contributed by atoms with E-state index in [0.717, 1.165) is 0 Å². The number of nitrogens with zero attached hydrogens (tertiary/aromatic N) is 2. The first-order chi connectivity index (χ1) is 7.51. The van der Waals surface area contributed by atoms with Crippen molar-refractivity contribution in [3.05, 3.63) is 28.1 Å². The molecule has 0 fully saturated rings. The minimum atomic E-state index is -1.06. The number of carbonyl (C=O) groups is 1. The largest absolute Gasteiger partial charge is 0.477 e. The Morgan fingerprint density at radius 3 is 2.31 bits per heavy atom. The van der Waals surface area contributed by atoms with E-state index in [0.29, 0.717) is 16.8 Å². The van der Waals surface area contributed by atoms with Gasteiger partial charge in [-0.2, -0.15) is 10.5 Å². The molecule has 0 radical (unpaired) electrons. The maximum atomic E-state index is 10.8. The van der Waals surface area contributed by atoms with Crippen LogP contribution in [0.1, 0.15) is 27.3 Å². The summed E-state index contributed by atoms with van der Waals surface area (Å²) in [6.45, 7) is 3.32. The first kappa shape index (κ1) is 11.5. The summed E-state index contributed by atoms with van der Waals surface area (Å²) in [6.07, 6.45) is 1.38. The standard InChI is InChI=1S/C11H9N3O2/c1-6-9(3-8(4-12)5-13)7(2)14-10(6)11(15)16/h3,14H,1-2H3,(H,15,16). The van der Waals surface area contributed by atoms with Crippen molar-refractivity contribution in [3.63, 3.8) is 0 Å². The van der Waals surface area contributed by atoms with E-state index >= 15 is 0 Å². The van der Waals surface area contributed by atoms with E-state index in [2.05, 4.69) is 4.98 Å². The molecule has 1 aromatic rings. The van der Waals surface area contributed by atoms with Crippen LogP contribution in [0.3, 0.4) is 0 Å². The number of nitriles is 2. The fourth-order valence-electron chi connectivity index (χ4n) is 1.43. The van der Waals surface area contributed by atoms with E-state index in [9.17, 15) is 4.79 Å². The number of aromatic amines is 1. The second-order valence-corrected chi connectivity index (χ2v) is 3.25. The molecule has 0 atom stereocenters. The Hall–Kier alpha value is -2.53. The Bertz CT molecular complexity index is 537. The van der Waals surface area contributed by atoms with Crippen molar-refractivity contribution in [2.75, 3.05) is 0 Å². The predicted octanol–water partition coefficient (Wildman–Crippen LogP) is 1.76. The van der Waals surface area contributed by atoms with Crippen molar-refractivity contribution in [2.45, 2.75) is 13.8 Å². The maximum absolute atomic E-state index is 10.8. The molecule has 5 nitrogen and oxygen atoms in total. The molecule has 0 saturated carbocycles. The van der Waals surface area contributed by atoms with Crippen LogP contribution in [-0.4, -0.2) is 16.1 Å². The molecule has 0 spiro atoms. The molecule has 0 unspecified atom stereocenters.